The summed E-state index contributed by atoms with van der Waals surface area (Å²) >= 11 is 0. The minimum Gasteiger partial charge on any atom is -0.481 e. The van der Waals surface area contributed by atoms with Gasteiger partial charge in [-0.3, -0.25) is 4.79 Å². The summed E-state index contributed by atoms with van der Waals surface area (Å²) in [5.74, 6) is 0.660. The smallest absolute Gasteiger partial charge is 0.261 e. The van der Waals surface area contributed by atoms with Crippen molar-refractivity contribution >= 4 is 5.91 Å². The number of nitrogens with one attached hydrogen (secondary N) is 1. The Kier molecular flexibility index (Phi) is 6.21. The molecule has 0 saturated heterocycles. The topological polar surface area (TPSA) is 38.3 Å². The largest absolute Gasteiger partial charge is 0.481 e. The number of rotatable bonds is 7. The molecule has 0 radical (unpaired) electrons. The van der Waals surface area contributed by atoms with Gasteiger partial charge in [0.05, 0.1) is 0 Å². The number of ether oxygens (including phenoxy) is 1. The number of hydrogen-bond donors (Lipinski definition) is 1. The summed E-state index contributed by atoms with van der Waals surface area (Å²) in [6.45, 7) is 6.64. The lowest BCUT2D eigenvalue weighted by atomic mass is 10.1. The fraction of sp³-hybridized carbons (Fsp3) is 0.350. The van der Waals surface area contributed by atoms with Crippen molar-refractivity contribution in [3.63, 3.8) is 0 Å². The molecule has 1 amide bonds. The molecule has 3 heteroatoms. The van der Waals surface area contributed by atoms with Crippen molar-refractivity contribution in [1.29, 1.82) is 0 Å². The van der Waals surface area contributed by atoms with Crippen LogP contribution in [0.2, 0.25) is 0 Å². The van der Waals surface area contributed by atoms with Crippen LogP contribution in [-0.4, -0.2) is 12.0 Å². The Bertz CT molecular complexity index is 634. The fourth-order valence-corrected chi connectivity index (χ4v) is 2.42. The molecule has 0 bridgehead atoms. The van der Waals surface area contributed by atoms with Crippen molar-refractivity contribution in [2.45, 2.75) is 46.3 Å². The average molecular weight is 311 g/mol. The molecule has 1 unspecified atom stereocenters. The van der Waals surface area contributed by atoms with Gasteiger partial charge in [0.2, 0.25) is 0 Å². The SMILES string of the molecule is CCc1ccc(OC(CC)C(=O)NCc2cccc(C)c2)cc1. The molecule has 0 heterocycles. The van der Waals surface area contributed by atoms with E-state index in [1.54, 1.807) is 0 Å². The zero-order chi connectivity index (χ0) is 16.7. The second-order valence-electron chi connectivity index (χ2n) is 5.72. The zero-order valence-electron chi connectivity index (χ0n) is 14.1. The predicted octanol–water partition coefficient (Wildman–Crippen LogP) is 4.03. The maximum absolute atomic E-state index is 12.3. The number of carbonyl (C=O) groups excluding carboxylic acids is 1. The van der Waals surface area contributed by atoms with E-state index in [2.05, 4.69) is 18.3 Å². The number of aryl methyl sites for hydroxylation is 2. The van der Waals surface area contributed by atoms with Crippen molar-refractivity contribution < 1.29 is 9.53 Å². The van der Waals surface area contributed by atoms with Crippen LogP contribution in [0.15, 0.2) is 48.5 Å². The molecule has 2 aromatic carbocycles. The van der Waals surface area contributed by atoms with Gasteiger partial charge < -0.3 is 10.1 Å². The Morgan fingerprint density at radius 1 is 1.09 bits per heavy atom. The number of amides is 1. The molecule has 1 atom stereocenters. The van der Waals surface area contributed by atoms with Crippen molar-refractivity contribution in [3.8, 4) is 5.75 Å². The summed E-state index contributed by atoms with van der Waals surface area (Å²) in [5, 5.41) is 2.96. The first kappa shape index (κ1) is 17.1. The van der Waals surface area contributed by atoms with Crippen molar-refractivity contribution in [3.05, 3.63) is 65.2 Å². The van der Waals surface area contributed by atoms with Gasteiger partial charge in [-0.05, 0) is 43.0 Å². The number of benzene rings is 2. The third-order valence-corrected chi connectivity index (χ3v) is 3.82. The highest BCUT2D eigenvalue weighted by molar-refractivity contribution is 5.81. The molecular formula is C20H25NO2. The molecule has 122 valence electrons. The molecular weight excluding hydrogens is 286 g/mol. The summed E-state index contributed by atoms with van der Waals surface area (Å²) in [4.78, 5) is 12.3. The van der Waals surface area contributed by atoms with Gasteiger partial charge in [-0.15, -0.1) is 0 Å². The molecule has 3 nitrogen and oxygen atoms in total. The second-order valence-corrected chi connectivity index (χ2v) is 5.72. The maximum Gasteiger partial charge on any atom is 0.261 e. The first-order chi connectivity index (χ1) is 11.1. The van der Waals surface area contributed by atoms with Gasteiger partial charge in [0, 0.05) is 6.54 Å². The third-order valence-electron chi connectivity index (χ3n) is 3.82. The minimum absolute atomic E-state index is 0.0754. The van der Waals surface area contributed by atoms with Crippen LogP contribution >= 0.6 is 0 Å². The van der Waals surface area contributed by atoms with Gasteiger partial charge in [0.25, 0.3) is 5.91 Å². The van der Waals surface area contributed by atoms with Crippen LogP contribution in [0, 0.1) is 6.92 Å². The lowest BCUT2D eigenvalue weighted by Crippen LogP contribution is -2.37. The highest BCUT2D eigenvalue weighted by atomic mass is 16.5. The van der Waals surface area contributed by atoms with Crippen LogP contribution < -0.4 is 10.1 Å². The standard InChI is InChI=1S/C20H25NO2/c1-4-16-9-11-18(12-10-16)23-19(5-2)20(22)21-14-17-8-6-7-15(3)13-17/h6-13,19H,4-5,14H2,1-3H3,(H,21,22). The third kappa shape index (κ3) is 5.13. The molecule has 23 heavy (non-hydrogen) atoms. The molecule has 0 aromatic heterocycles. The van der Waals surface area contributed by atoms with Crippen LogP contribution in [0.1, 0.15) is 37.0 Å². The van der Waals surface area contributed by atoms with E-state index >= 15 is 0 Å². The van der Waals surface area contributed by atoms with E-state index in [4.69, 9.17) is 4.74 Å². The maximum atomic E-state index is 12.3. The predicted molar refractivity (Wildman–Crippen MR) is 93.6 cm³/mol. The number of hydrogen-bond acceptors (Lipinski definition) is 2. The van der Waals surface area contributed by atoms with Crippen LogP contribution in [0.4, 0.5) is 0 Å². The highest BCUT2D eigenvalue weighted by Gasteiger charge is 2.17. The summed E-state index contributed by atoms with van der Waals surface area (Å²) < 4.78 is 5.83. The Hall–Kier alpha value is -2.29. The van der Waals surface area contributed by atoms with E-state index < -0.39 is 6.10 Å². The molecule has 0 saturated carbocycles. The summed E-state index contributed by atoms with van der Waals surface area (Å²) in [6, 6.07) is 16.1. The van der Waals surface area contributed by atoms with Crippen molar-refractivity contribution in [2.75, 3.05) is 0 Å². The van der Waals surface area contributed by atoms with Gasteiger partial charge in [0.1, 0.15) is 5.75 Å². The van der Waals surface area contributed by atoms with Gasteiger partial charge in [-0.25, -0.2) is 0 Å². The molecule has 1 N–H and O–H groups in total. The van der Waals surface area contributed by atoms with Gasteiger partial charge >= 0.3 is 0 Å². The Labute approximate surface area is 138 Å². The first-order valence-corrected chi connectivity index (χ1v) is 8.21. The molecule has 2 rings (SSSR count). The Morgan fingerprint density at radius 2 is 1.83 bits per heavy atom. The molecule has 0 aliphatic heterocycles. The van der Waals surface area contributed by atoms with E-state index in [-0.39, 0.29) is 5.91 Å². The summed E-state index contributed by atoms with van der Waals surface area (Å²) in [6.07, 6.45) is 1.16. The first-order valence-electron chi connectivity index (χ1n) is 8.21. The number of carbonyl (C=O) groups is 1. The normalized spacial score (nSPS) is 11.8. The monoisotopic (exact) mass is 311 g/mol. The van der Waals surface area contributed by atoms with E-state index in [0.29, 0.717) is 13.0 Å². The van der Waals surface area contributed by atoms with E-state index in [9.17, 15) is 4.79 Å². The Morgan fingerprint density at radius 3 is 2.43 bits per heavy atom. The molecule has 0 fully saturated rings. The van der Waals surface area contributed by atoms with Gasteiger partial charge in [-0.1, -0.05) is 55.8 Å². The minimum atomic E-state index is -0.465. The van der Waals surface area contributed by atoms with Crippen molar-refractivity contribution in [2.24, 2.45) is 0 Å². The van der Waals surface area contributed by atoms with Gasteiger partial charge in [-0.2, -0.15) is 0 Å². The lowest BCUT2D eigenvalue weighted by Gasteiger charge is -2.17. The van der Waals surface area contributed by atoms with E-state index in [0.717, 1.165) is 17.7 Å². The molecule has 0 aliphatic rings. The highest BCUT2D eigenvalue weighted by Crippen LogP contribution is 2.15. The molecule has 2 aromatic rings. The second kappa shape index (κ2) is 8.37. The van der Waals surface area contributed by atoms with Crippen molar-refractivity contribution in [1.82, 2.24) is 5.32 Å². The fourth-order valence-electron chi connectivity index (χ4n) is 2.42. The van der Waals surface area contributed by atoms with Crippen LogP contribution in [0.5, 0.6) is 5.75 Å². The van der Waals surface area contributed by atoms with Crippen LogP contribution in [-0.2, 0) is 17.8 Å². The summed E-state index contributed by atoms with van der Waals surface area (Å²) in [7, 11) is 0. The van der Waals surface area contributed by atoms with E-state index in [1.165, 1.54) is 11.1 Å². The molecule has 0 aliphatic carbocycles. The zero-order valence-corrected chi connectivity index (χ0v) is 14.1. The summed E-state index contributed by atoms with van der Waals surface area (Å²) in [5.41, 5.74) is 3.55. The van der Waals surface area contributed by atoms with Crippen LogP contribution in [0.3, 0.4) is 0 Å². The molecule has 0 spiro atoms. The average Bonchev–Trinajstić information content (AvgIpc) is 2.58. The van der Waals surface area contributed by atoms with Crippen LogP contribution in [0.25, 0.3) is 0 Å². The quantitative estimate of drug-likeness (QED) is 0.838. The Balaban J connectivity index is 1.92. The van der Waals surface area contributed by atoms with E-state index in [1.807, 2.05) is 56.3 Å². The lowest BCUT2D eigenvalue weighted by molar-refractivity contribution is -0.128. The van der Waals surface area contributed by atoms with Gasteiger partial charge in [0.15, 0.2) is 6.10 Å².